The minimum atomic E-state index is -0.287. The Bertz CT molecular complexity index is 1140. The molecule has 2 aromatic carbocycles. The lowest BCUT2D eigenvalue weighted by Crippen LogP contribution is -2.20. The second-order valence-electron chi connectivity index (χ2n) is 8.16. The molecular weight excluding hydrogens is 438 g/mol. The molecule has 3 aromatic rings. The van der Waals surface area contributed by atoms with Crippen LogP contribution in [0.3, 0.4) is 0 Å². The summed E-state index contributed by atoms with van der Waals surface area (Å²) < 4.78 is 2.19. The number of benzene rings is 2. The molecule has 1 aliphatic rings. The van der Waals surface area contributed by atoms with Gasteiger partial charge in [0.2, 0.25) is 0 Å². The maximum absolute atomic E-state index is 12.3. The van der Waals surface area contributed by atoms with Gasteiger partial charge in [0.1, 0.15) is 11.5 Å². The van der Waals surface area contributed by atoms with Gasteiger partial charge in [0.15, 0.2) is 11.0 Å². The Morgan fingerprint density at radius 1 is 1.15 bits per heavy atom. The van der Waals surface area contributed by atoms with Crippen molar-refractivity contribution in [3.8, 4) is 22.9 Å². The molecule has 1 saturated carbocycles. The molecule has 0 spiro atoms. The molecular formula is C24H27N5O3S. The molecule has 4 rings (SSSR count). The number of nitrogens with one attached hydrogen (secondary N) is 1. The molecule has 0 radical (unpaired) electrons. The number of aryl methyl sites for hydroxylation is 1. The molecule has 9 heteroatoms. The van der Waals surface area contributed by atoms with Gasteiger partial charge in [-0.15, -0.1) is 10.2 Å². The second-order valence-corrected chi connectivity index (χ2v) is 9.10. The molecule has 8 nitrogen and oxygen atoms in total. The van der Waals surface area contributed by atoms with Crippen molar-refractivity contribution in [2.45, 2.75) is 50.2 Å². The van der Waals surface area contributed by atoms with E-state index in [1.807, 2.05) is 0 Å². The van der Waals surface area contributed by atoms with E-state index in [4.69, 9.17) is 0 Å². The molecule has 0 unspecified atom stereocenters. The average Bonchev–Trinajstić information content (AvgIpc) is 3.24. The number of aromatic nitrogens is 3. The fourth-order valence-electron chi connectivity index (χ4n) is 3.92. The monoisotopic (exact) mass is 465 g/mol. The lowest BCUT2D eigenvalue weighted by atomic mass is 9.95. The third-order valence-electron chi connectivity index (χ3n) is 5.65. The van der Waals surface area contributed by atoms with Crippen LogP contribution >= 0.6 is 11.8 Å². The van der Waals surface area contributed by atoms with Crippen molar-refractivity contribution in [1.29, 1.82) is 0 Å². The number of rotatable bonds is 7. The van der Waals surface area contributed by atoms with E-state index in [0.29, 0.717) is 11.6 Å². The molecule has 0 bridgehead atoms. The highest BCUT2D eigenvalue weighted by molar-refractivity contribution is 7.99. The predicted octanol–water partition coefficient (Wildman–Crippen LogP) is 4.41. The van der Waals surface area contributed by atoms with Crippen LogP contribution in [-0.4, -0.2) is 42.9 Å². The van der Waals surface area contributed by atoms with Crippen LogP contribution in [-0.2, 0) is 4.79 Å². The Hall–Kier alpha value is -3.33. The number of aromatic hydroxyl groups is 2. The van der Waals surface area contributed by atoms with E-state index in [0.717, 1.165) is 29.4 Å². The summed E-state index contributed by atoms with van der Waals surface area (Å²) >= 11 is 1.34. The maximum atomic E-state index is 12.3. The third kappa shape index (κ3) is 5.73. The van der Waals surface area contributed by atoms with Crippen LogP contribution in [0, 0.1) is 6.92 Å². The summed E-state index contributed by atoms with van der Waals surface area (Å²) in [5.74, 6) is 0.525. The minimum Gasteiger partial charge on any atom is -0.508 e. The summed E-state index contributed by atoms with van der Waals surface area (Å²) in [6.45, 7) is 2.06. The van der Waals surface area contributed by atoms with Crippen LogP contribution in [0.4, 0.5) is 0 Å². The number of thioether (sulfide) groups is 1. The van der Waals surface area contributed by atoms with Gasteiger partial charge in [0, 0.05) is 23.2 Å². The zero-order valence-electron chi connectivity index (χ0n) is 18.4. The van der Waals surface area contributed by atoms with Crippen molar-refractivity contribution in [2.75, 3.05) is 5.75 Å². The molecule has 172 valence electrons. The molecule has 1 heterocycles. The normalized spacial score (nSPS) is 14.6. The van der Waals surface area contributed by atoms with Crippen molar-refractivity contribution in [1.82, 2.24) is 20.2 Å². The van der Waals surface area contributed by atoms with Crippen molar-refractivity contribution in [3.63, 3.8) is 0 Å². The van der Waals surface area contributed by atoms with E-state index in [-0.39, 0.29) is 23.2 Å². The van der Waals surface area contributed by atoms with Gasteiger partial charge in [0.05, 0.1) is 12.0 Å². The smallest absolute Gasteiger partial charge is 0.250 e. The first-order chi connectivity index (χ1) is 16.0. The van der Waals surface area contributed by atoms with Gasteiger partial charge in [-0.2, -0.15) is 5.10 Å². The molecule has 0 atom stereocenters. The third-order valence-corrected chi connectivity index (χ3v) is 6.60. The van der Waals surface area contributed by atoms with E-state index in [1.54, 1.807) is 0 Å². The van der Waals surface area contributed by atoms with Gasteiger partial charge >= 0.3 is 0 Å². The first-order valence-electron chi connectivity index (χ1n) is 11.0. The fourth-order valence-corrected chi connectivity index (χ4v) is 4.72. The van der Waals surface area contributed by atoms with E-state index < -0.39 is 0 Å². The van der Waals surface area contributed by atoms with E-state index in [2.05, 4.69) is 56.5 Å². The van der Waals surface area contributed by atoms with E-state index in [9.17, 15) is 15.0 Å². The maximum Gasteiger partial charge on any atom is 0.250 e. The minimum absolute atomic E-state index is 0.0443. The van der Waals surface area contributed by atoms with Crippen LogP contribution in [0.1, 0.15) is 49.3 Å². The molecule has 0 saturated heterocycles. The van der Waals surface area contributed by atoms with Gasteiger partial charge in [0.25, 0.3) is 5.91 Å². The molecule has 0 aliphatic heterocycles. The van der Waals surface area contributed by atoms with Gasteiger partial charge in [-0.25, -0.2) is 5.43 Å². The van der Waals surface area contributed by atoms with Crippen LogP contribution in [0.5, 0.6) is 11.5 Å². The van der Waals surface area contributed by atoms with Crippen molar-refractivity contribution in [2.24, 2.45) is 5.10 Å². The summed E-state index contributed by atoms with van der Waals surface area (Å²) in [6, 6.07) is 12.7. The molecule has 1 fully saturated rings. The second kappa shape index (κ2) is 10.5. The quantitative estimate of drug-likeness (QED) is 0.271. The number of phenols is 2. The zero-order valence-corrected chi connectivity index (χ0v) is 19.3. The zero-order chi connectivity index (χ0) is 23.2. The van der Waals surface area contributed by atoms with Gasteiger partial charge in [-0.1, -0.05) is 60.9 Å². The van der Waals surface area contributed by atoms with Crippen LogP contribution < -0.4 is 5.43 Å². The summed E-state index contributed by atoms with van der Waals surface area (Å²) in [4.78, 5) is 12.3. The Balaban J connectivity index is 1.45. The molecule has 1 amide bonds. The molecule has 3 N–H and O–H groups in total. The lowest BCUT2D eigenvalue weighted by molar-refractivity contribution is -0.118. The first kappa shape index (κ1) is 22.8. The lowest BCUT2D eigenvalue weighted by Gasteiger charge is -2.25. The van der Waals surface area contributed by atoms with Crippen LogP contribution in [0.25, 0.3) is 11.4 Å². The van der Waals surface area contributed by atoms with Crippen LogP contribution in [0.15, 0.2) is 52.7 Å². The highest BCUT2D eigenvalue weighted by atomic mass is 32.2. The SMILES string of the molecule is Cc1ccc(-c2nnc(SCC(=O)N/N=C\c3ccc(O)cc3O)n2C2CCCCC2)cc1. The van der Waals surface area contributed by atoms with Crippen molar-refractivity contribution < 1.29 is 15.0 Å². The van der Waals surface area contributed by atoms with Gasteiger partial charge in [-0.05, 0) is 31.9 Å². The first-order valence-corrected chi connectivity index (χ1v) is 12.0. The summed E-state index contributed by atoms with van der Waals surface area (Å²) in [5, 5.41) is 32.6. The Labute approximate surface area is 196 Å². The summed E-state index contributed by atoms with van der Waals surface area (Å²) in [5.41, 5.74) is 5.07. The number of phenolic OH excluding ortho intramolecular Hbond substituents is 2. The Morgan fingerprint density at radius 2 is 1.91 bits per heavy atom. The molecule has 1 aromatic heterocycles. The average molecular weight is 466 g/mol. The molecule has 33 heavy (non-hydrogen) atoms. The Morgan fingerprint density at radius 3 is 2.64 bits per heavy atom. The standard InChI is InChI=1S/C24H27N5O3S/c1-16-7-9-17(10-8-16)23-27-28-24(29(23)19-5-3-2-4-6-19)33-15-22(32)26-25-14-18-11-12-20(30)13-21(18)31/h7-14,19,30-31H,2-6,15H2,1H3,(H,26,32)/b25-14-. The van der Waals surface area contributed by atoms with Crippen molar-refractivity contribution in [3.05, 3.63) is 53.6 Å². The summed E-state index contributed by atoms with van der Waals surface area (Å²) in [7, 11) is 0. The number of hydrogen-bond acceptors (Lipinski definition) is 7. The van der Waals surface area contributed by atoms with E-state index in [1.165, 1.54) is 61.0 Å². The highest BCUT2D eigenvalue weighted by Gasteiger charge is 2.24. The number of hydrazone groups is 1. The topological polar surface area (TPSA) is 113 Å². The predicted molar refractivity (Wildman–Crippen MR) is 129 cm³/mol. The Kier molecular flexibility index (Phi) is 7.29. The number of hydrogen-bond donors (Lipinski definition) is 3. The number of carbonyl (C=O) groups is 1. The van der Waals surface area contributed by atoms with Gasteiger partial charge < -0.3 is 10.2 Å². The summed E-state index contributed by atoms with van der Waals surface area (Å²) in [6.07, 6.45) is 7.10. The fraction of sp³-hybridized carbons (Fsp3) is 0.333. The van der Waals surface area contributed by atoms with E-state index >= 15 is 0 Å². The van der Waals surface area contributed by atoms with Gasteiger partial charge in [-0.3, -0.25) is 9.36 Å². The van der Waals surface area contributed by atoms with Crippen molar-refractivity contribution >= 4 is 23.9 Å². The molecule has 1 aliphatic carbocycles. The largest absolute Gasteiger partial charge is 0.508 e. The number of nitrogens with zero attached hydrogens (tertiary/aromatic N) is 4. The number of amides is 1. The highest BCUT2D eigenvalue weighted by Crippen LogP contribution is 2.35. The van der Waals surface area contributed by atoms with Crippen LogP contribution in [0.2, 0.25) is 0 Å². The number of carbonyl (C=O) groups excluding carboxylic acids is 1.